The molecule has 0 fully saturated rings. The average Bonchev–Trinajstić information content (AvgIpc) is 3.15. The maximum atomic E-state index is 13.5. The second-order valence-corrected chi connectivity index (χ2v) is 8.07. The Hall–Kier alpha value is -3.73. The number of hydrogen-bond donors (Lipinski definition) is 1. The van der Waals surface area contributed by atoms with Gasteiger partial charge in [0.25, 0.3) is 5.91 Å². The summed E-state index contributed by atoms with van der Waals surface area (Å²) >= 11 is 0. The molecule has 32 heavy (non-hydrogen) atoms. The first-order chi connectivity index (χ1) is 15.5. The van der Waals surface area contributed by atoms with Crippen molar-refractivity contribution in [3.8, 4) is 11.5 Å². The Morgan fingerprint density at radius 2 is 1.38 bits per heavy atom. The Morgan fingerprint density at radius 3 is 1.91 bits per heavy atom. The van der Waals surface area contributed by atoms with Crippen LogP contribution in [0.2, 0.25) is 0 Å². The smallest absolute Gasteiger partial charge is 0.275 e. The van der Waals surface area contributed by atoms with Crippen molar-refractivity contribution in [3.05, 3.63) is 95.7 Å². The quantitative estimate of drug-likeness (QED) is 0.508. The van der Waals surface area contributed by atoms with Crippen LogP contribution in [0, 0.1) is 0 Å². The zero-order valence-electron chi connectivity index (χ0n) is 18.8. The molecule has 1 aliphatic rings. The minimum atomic E-state index is -0.210. The van der Waals surface area contributed by atoms with Crippen LogP contribution < -0.4 is 19.7 Å². The van der Waals surface area contributed by atoms with E-state index in [4.69, 9.17) is 9.47 Å². The molecule has 1 N–H and O–H groups in total. The fraction of sp³-hybridized carbons (Fsp3) is 0.222. The molecule has 3 aromatic rings. The van der Waals surface area contributed by atoms with Gasteiger partial charge in [-0.3, -0.25) is 9.69 Å². The van der Waals surface area contributed by atoms with Gasteiger partial charge in [-0.25, -0.2) is 0 Å². The predicted molar refractivity (Wildman–Crippen MR) is 128 cm³/mol. The van der Waals surface area contributed by atoms with E-state index in [1.54, 1.807) is 14.2 Å². The lowest BCUT2D eigenvalue weighted by molar-refractivity contribution is -0.114. The highest BCUT2D eigenvalue weighted by Crippen LogP contribution is 2.37. The fourth-order valence-corrected chi connectivity index (χ4v) is 3.83. The molecule has 1 aliphatic heterocycles. The average molecular weight is 429 g/mol. The zero-order chi connectivity index (χ0) is 22.7. The number of nitrogens with one attached hydrogen (secondary N) is 1. The van der Waals surface area contributed by atoms with Crippen LogP contribution in [0.5, 0.6) is 11.5 Å². The van der Waals surface area contributed by atoms with E-state index in [-0.39, 0.29) is 11.9 Å². The third-order valence-electron chi connectivity index (χ3n) is 5.72. The highest BCUT2D eigenvalue weighted by atomic mass is 16.5. The molecule has 0 saturated heterocycles. The molecule has 5 heteroatoms. The van der Waals surface area contributed by atoms with Gasteiger partial charge < -0.3 is 14.8 Å². The molecule has 3 aromatic carbocycles. The van der Waals surface area contributed by atoms with E-state index in [0.717, 1.165) is 28.4 Å². The van der Waals surface area contributed by atoms with Crippen LogP contribution in [-0.2, 0) is 4.79 Å². The number of amides is 1. The summed E-state index contributed by atoms with van der Waals surface area (Å²) in [6.45, 7) is 4.35. The van der Waals surface area contributed by atoms with Crippen molar-refractivity contribution in [1.82, 2.24) is 0 Å². The van der Waals surface area contributed by atoms with Gasteiger partial charge in [0.05, 0.1) is 20.3 Å². The molecular weight excluding hydrogens is 400 g/mol. The monoisotopic (exact) mass is 428 g/mol. The number of methoxy groups -OCH3 is 2. The molecule has 1 atom stereocenters. The minimum Gasteiger partial charge on any atom is -0.497 e. The summed E-state index contributed by atoms with van der Waals surface area (Å²) in [7, 11) is 3.26. The summed E-state index contributed by atoms with van der Waals surface area (Å²) in [4.78, 5) is 15.3. The summed E-state index contributed by atoms with van der Waals surface area (Å²) in [5.41, 5.74) is 4.52. The lowest BCUT2D eigenvalue weighted by Crippen LogP contribution is -2.30. The third-order valence-corrected chi connectivity index (χ3v) is 5.72. The van der Waals surface area contributed by atoms with E-state index in [1.165, 1.54) is 5.56 Å². The highest BCUT2D eigenvalue weighted by molar-refractivity contribution is 6.11. The second kappa shape index (κ2) is 9.18. The molecule has 0 radical (unpaired) electrons. The zero-order valence-corrected chi connectivity index (χ0v) is 18.8. The van der Waals surface area contributed by atoms with Gasteiger partial charge in [-0.05, 0) is 71.7 Å². The van der Waals surface area contributed by atoms with Gasteiger partial charge >= 0.3 is 0 Å². The largest absolute Gasteiger partial charge is 0.497 e. The first-order valence-electron chi connectivity index (χ1n) is 10.7. The Bertz CT molecular complexity index is 1100. The number of anilines is 2. The van der Waals surface area contributed by atoms with E-state index >= 15 is 0 Å². The van der Waals surface area contributed by atoms with E-state index in [0.29, 0.717) is 11.6 Å². The summed E-state index contributed by atoms with van der Waals surface area (Å²) in [6, 6.07) is 23.4. The van der Waals surface area contributed by atoms with Crippen molar-refractivity contribution in [2.75, 3.05) is 24.4 Å². The molecule has 0 spiro atoms. The Kier molecular flexibility index (Phi) is 6.17. The molecule has 0 bridgehead atoms. The molecule has 164 valence electrons. The maximum absolute atomic E-state index is 13.5. The van der Waals surface area contributed by atoms with Gasteiger partial charge in [0, 0.05) is 11.4 Å². The van der Waals surface area contributed by atoms with Crippen LogP contribution in [0.15, 0.2) is 84.6 Å². The van der Waals surface area contributed by atoms with Crippen LogP contribution in [0.3, 0.4) is 0 Å². The molecule has 1 heterocycles. The predicted octanol–water partition coefficient (Wildman–Crippen LogP) is 5.91. The number of nitrogens with zero attached hydrogens (tertiary/aromatic N) is 1. The third kappa shape index (κ3) is 4.33. The molecule has 0 aliphatic carbocycles. The van der Waals surface area contributed by atoms with Gasteiger partial charge in [0.2, 0.25) is 0 Å². The standard InChI is InChI=1S/C27H28N2O3/c1-18(2)19-5-7-20(8-6-19)26-17-25(28-21-9-13-23(31-3)14-10-21)27(30)29(26)22-11-15-24(32-4)16-12-22/h5-18,26,28H,1-4H3/t26-/m1/s1. The first kappa shape index (κ1) is 21.5. The lowest BCUT2D eigenvalue weighted by atomic mass is 9.98. The molecule has 0 aromatic heterocycles. The summed E-state index contributed by atoms with van der Waals surface area (Å²) in [5, 5.41) is 3.28. The minimum absolute atomic E-state index is 0.0797. The number of carbonyl (C=O) groups excluding carboxylic acids is 1. The molecule has 1 amide bonds. The van der Waals surface area contributed by atoms with Gasteiger partial charge in [0.1, 0.15) is 17.2 Å². The van der Waals surface area contributed by atoms with Crippen molar-refractivity contribution >= 4 is 17.3 Å². The number of benzene rings is 3. The Morgan fingerprint density at radius 1 is 0.812 bits per heavy atom. The van der Waals surface area contributed by atoms with Crippen LogP contribution in [-0.4, -0.2) is 20.1 Å². The molecular formula is C27H28N2O3. The SMILES string of the molecule is COc1ccc(NC2=C[C@H](c3ccc(C(C)C)cc3)N(c3ccc(OC)cc3)C2=O)cc1. The van der Waals surface area contributed by atoms with Crippen molar-refractivity contribution in [2.24, 2.45) is 0 Å². The van der Waals surface area contributed by atoms with Crippen molar-refractivity contribution in [2.45, 2.75) is 25.8 Å². The number of rotatable bonds is 7. The Labute approximate surface area is 189 Å². The number of carbonyl (C=O) groups is 1. The van der Waals surface area contributed by atoms with E-state index < -0.39 is 0 Å². The number of hydrogen-bond acceptors (Lipinski definition) is 4. The number of ether oxygens (including phenoxy) is 2. The van der Waals surface area contributed by atoms with E-state index in [2.05, 4.69) is 43.4 Å². The highest BCUT2D eigenvalue weighted by Gasteiger charge is 2.34. The maximum Gasteiger partial charge on any atom is 0.275 e. The van der Waals surface area contributed by atoms with Gasteiger partial charge in [-0.2, -0.15) is 0 Å². The Balaban J connectivity index is 1.68. The van der Waals surface area contributed by atoms with Crippen LogP contribution in [0.25, 0.3) is 0 Å². The van der Waals surface area contributed by atoms with Crippen molar-refractivity contribution < 1.29 is 14.3 Å². The van der Waals surface area contributed by atoms with Crippen molar-refractivity contribution in [1.29, 1.82) is 0 Å². The van der Waals surface area contributed by atoms with E-state index in [9.17, 15) is 4.79 Å². The molecule has 4 rings (SSSR count). The molecule has 5 nitrogen and oxygen atoms in total. The second-order valence-electron chi connectivity index (χ2n) is 8.07. The van der Waals surface area contributed by atoms with Gasteiger partial charge in [-0.15, -0.1) is 0 Å². The van der Waals surface area contributed by atoms with Crippen molar-refractivity contribution in [3.63, 3.8) is 0 Å². The molecule has 0 saturated carbocycles. The van der Waals surface area contributed by atoms with Gasteiger partial charge in [-0.1, -0.05) is 38.1 Å². The van der Waals surface area contributed by atoms with Crippen LogP contribution in [0.4, 0.5) is 11.4 Å². The fourth-order valence-electron chi connectivity index (χ4n) is 3.83. The normalized spacial score (nSPS) is 15.7. The van der Waals surface area contributed by atoms with E-state index in [1.807, 2.05) is 59.5 Å². The lowest BCUT2D eigenvalue weighted by Gasteiger charge is -2.25. The van der Waals surface area contributed by atoms with Crippen LogP contribution >= 0.6 is 0 Å². The summed E-state index contributed by atoms with van der Waals surface area (Å²) < 4.78 is 10.5. The topological polar surface area (TPSA) is 50.8 Å². The summed E-state index contributed by atoms with van der Waals surface area (Å²) in [6.07, 6.45) is 1.99. The van der Waals surface area contributed by atoms with Gasteiger partial charge in [0.15, 0.2) is 0 Å². The van der Waals surface area contributed by atoms with Crippen LogP contribution in [0.1, 0.15) is 36.9 Å². The first-order valence-corrected chi connectivity index (χ1v) is 10.7. The summed E-state index contributed by atoms with van der Waals surface area (Å²) in [5.74, 6) is 1.90. The molecule has 0 unspecified atom stereocenters.